The highest BCUT2D eigenvalue weighted by Crippen LogP contribution is 2.53. The van der Waals surface area contributed by atoms with Gasteiger partial charge in [-0.3, -0.25) is 0 Å². The third kappa shape index (κ3) is 4.83. The van der Waals surface area contributed by atoms with Gasteiger partial charge in [0.25, 0.3) is 0 Å². The molecule has 10 heteroatoms. The molecular weight excluding hydrogens is 614 g/mol. The van der Waals surface area contributed by atoms with Crippen molar-refractivity contribution in [1.29, 1.82) is 10.5 Å². The number of rotatable bonds is 2. The summed E-state index contributed by atoms with van der Waals surface area (Å²) >= 11 is 0. The highest BCUT2D eigenvalue weighted by molar-refractivity contribution is 6.27. The van der Waals surface area contributed by atoms with Crippen LogP contribution in [0.25, 0.3) is 16.7 Å². The Morgan fingerprint density at radius 1 is 0.787 bits per heavy atom. The minimum atomic E-state index is -4.50. The lowest BCUT2D eigenvalue weighted by atomic mass is 9.71. The third-order valence-corrected chi connectivity index (χ3v) is 9.45. The number of halogens is 6. The van der Waals surface area contributed by atoms with Crippen LogP contribution >= 0.6 is 0 Å². The molecule has 0 N–H and O–H groups in total. The number of hydrogen-bond donors (Lipinski definition) is 0. The van der Waals surface area contributed by atoms with Crippen molar-refractivity contribution < 1.29 is 26.3 Å². The molecule has 4 nitrogen and oxygen atoms in total. The van der Waals surface area contributed by atoms with Crippen LogP contribution in [-0.2, 0) is 17.8 Å². The van der Waals surface area contributed by atoms with Crippen LogP contribution < -0.4 is 0 Å². The number of nitriles is 2. The Morgan fingerprint density at radius 2 is 1.45 bits per heavy atom. The van der Waals surface area contributed by atoms with Gasteiger partial charge >= 0.3 is 12.4 Å². The molecule has 0 saturated heterocycles. The van der Waals surface area contributed by atoms with Gasteiger partial charge in [-0.25, -0.2) is 0 Å². The molecule has 7 rings (SSSR count). The number of nitrogens with zero attached hydrogens (tertiary/aromatic N) is 4. The molecule has 3 aromatic rings. The summed E-state index contributed by atoms with van der Waals surface area (Å²) in [7, 11) is 0. The smallest absolute Gasteiger partial charge is 0.177 e. The lowest BCUT2D eigenvalue weighted by molar-refractivity contribution is -0.138. The van der Waals surface area contributed by atoms with Crippen molar-refractivity contribution in [2.45, 2.75) is 37.5 Å². The monoisotopic (exact) mass is 636 g/mol. The molecule has 47 heavy (non-hydrogen) atoms. The Labute approximate surface area is 265 Å². The van der Waals surface area contributed by atoms with Crippen LogP contribution in [0.5, 0.6) is 0 Å². The summed E-state index contributed by atoms with van der Waals surface area (Å²) in [6.07, 6.45) is 3.06. The number of hydrogen-bond acceptors (Lipinski definition) is 4. The van der Waals surface area contributed by atoms with Crippen LogP contribution in [0.15, 0.2) is 101 Å². The van der Waals surface area contributed by atoms with Crippen LogP contribution in [0.2, 0.25) is 0 Å². The van der Waals surface area contributed by atoms with E-state index in [2.05, 4.69) is 9.98 Å². The molecule has 2 unspecified atom stereocenters. The van der Waals surface area contributed by atoms with Gasteiger partial charge in [-0.15, -0.1) is 0 Å². The molecule has 0 aromatic heterocycles. The molecule has 0 amide bonds. The summed E-state index contributed by atoms with van der Waals surface area (Å²) in [4.78, 5) is 8.36. The fraction of sp³-hybridized carbons (Fsp3) is 0.189. The second-order valence-electron chi connectivity index (χ2n) is 12.0. The zero-order valence-electron chi connectivity index (χ0n) is 24.6. The zero-order chi connectivity index (χ0) is 33.3. The average molecular weight is 637 g/mol. The maximum Gasteiger partial charge on any atom is 0.416 e. The number of benzene rings is 3. The lowest BCUT2D eigenvalue weighted by Gasteiger charge is -2.31. The molecule has 0 aliphatic heterocycles. The largest absolute Gasteiger partial charge is 0.416 e. The van der Waals surface area contributed by atoms with E-state index in [-0.39, 0.29) is 0 Å². The second kappa shape index (κ2) is 10.5. The molecule has 232 valence electrons. The first-order valence-electron chi connectivity index (χ1n) is 14.7. The van der Waals surface area contributed by atoms with Gasteiger partial charge in [0.2, 0.25) is 12.4 Å². The minimum Gasteiger partial charge on any atom is -0.177 e. The van der Waals surface area contributed by atoms with Crippen LogP contribution in [0.4, 0.5) is 26.3 Å². The minimum absolute atomic E-state index is 0.386. The standard InChI is InChI=1S/C37H22F6N4/c1-35-11-10-23(21-5-3-7-25(13-21)37(41,42)43)15-32(35)34(47-19-45)30-16-27-26-9-8-22(20-4-2-6-24(12-20)36(38,39)40)14-28(26)33(46-18-44)29(27)17-31(30)35/h2-7,10-17,32H,8-9H2,1H3/b46-33+,47-34-. The zero-order valence-corrected chi connectivity index (χ0v) is 24.6. The fourth-order valence-corrected chi connectivity index (χ4v) is 7.17. The van der Waals surface area contributed by atoms with Gasteiger partial charge in [0.05, 0.1) is 22.6 Å². The van der Waals surface area contributed by atoms with Crippen molar-refractivity contribution in [2.75, 3.05) is 0 Å². The number of aliphatic imine (C=N–C) groups is 2. The molecule has 0 fully saturated rings. The fourth-order valence-electron chi connectivity index (χ4n) is 7.17. The summed E-state index contributed by atoms with van der Waals surface area (Å²) in [5.41, 5.74) is 5.32. The summed E-state index contributed by atoms with van der Waals surface area (Å²) in [5, 5.41) is 19.3. The van der Waals surface area contributed by atoms with Crippen molar-refractivity contribution in [3.8, 4) is 12.4 Å². The Morgan fingerprint density at radius 3 is 2.11 bits per heavy atom. The van der Waals surface area contributed by atoms with Gasteiger partial charge in [-0.1, -0.05) is 49.4 Å². The SMILES string of the molecule is CC12C=CC(c3cccc(C(F)(F)F)c3)=CC1/C(=N\C#N)c1cc3c(cc12)/C(=N/C#N)C1=C3CCC(c2cccc(C(F)(F)F)c2)=C1. The van der Waals surface area contributed by atoms with Gasteiger partial charge in [0, 0.05) is 28.0 Å². The second-order valence-corrected chi connectivity index (χ2v) is 12.0. The van der Waals surface area contributed by atoms with E-state index in [1.807, 2.05) is 43.6 Å². The van der Waals surface area contributed by atoms with Crippen molar-refractivity contribution in [2.24, 2.45) is 15.9 Å². The number of alkyl halides is 6. The summed E-state index contributed by atoms with van der Waals surface area (Å²) in [6, 6.07) is 14.1. The van der Waals surface area contributed by atoms with Gasteiger partial charge in [-0.05, 0) is 94.3 Å². The maximum atomic E-state index is 13.5. The van der Waals surface area contributed by atoms with Crippen LogP contribution in [0, 0.1) is 28.8 Å². The normalized spacial score (nSPS) is 23.0. The molecular formula is C37H22F6N4. The van der Waals surface area contributed by atoms with Crippen molar-refractivity contribution in [3.63, 3.8) is 0 Å². The number of fused-ring (bicyclic) bond motifs is 5. The molecule has 0 radical (unpaired) electrons. The summed E-state index contributed by atoms with van der Waals surface area (Å²) in [6.45, 7) is 1.97. The van der Waals surface area contributed by atoms with Crippen LogP contribution in [-0.4, -0.2) is 11.4 Å². The molecule has 0 bridgehead atoms. The van der Waals surface area contributed by atoms with E-state index in [1.54, 1.807) is 24.3 Å². The van der Waals surface area contributed by atoms with Crippen LogP contribution in [0.1, 0.15) is 64.3 Å². The molecule has 0 saturated carbocycles. The number of allylic oxidation sites excluding steroid dienone is 8. The quantitative estimate of drug-likeness (QED) is 0.208. The van der Waals surface area contributed by atoms with E-state index >= 15 is 0 Å². The average Bonchev–Trinajstić information content (AvgIpc) is 3.47. The predicted molar refractivity (Wildman–Crippen MR) is 166 cm³/mol. The molecule has 2 atom stereocenters. The summed E-state index contributed by atoms with van der Waals surface area (Å²) < 4.78 is 80.7. The van der Waals surface area contributed by atoms with Crippen molar-refractivity contribution in [1.82, 2.24) is 0 Å². The first-order chi connectivity index (χ1) is 22.3. The molecule has 0 spiro atoms. The van der Waals surface area contributed by atoms with Crippen molar-refractivity contribution >= 4 is 28.1 Å². The first-order valence-corrected chi connectivity index (χ1v) is 14.7. The Bertz CT molecular complexity index is 2160. The Hall–Kier alpha value is -5.48. The first kappa shape index (κ1) is 30.2. The highest BCUT2D eigenvalue weighted by atomic mass is 19.4. The van der Waals surface area contributed by atoms with Gasteiger partial charge in [0.1, 0.15) is 0 Å². The van der Waals surface area contributed by atoms with Gasteiger partial charge in [0.15, 0.2) is 0 Å². The van der Waals surface area contributed by atoms with Gasteiger partial charge in [-0.2, -0.15) is 46.9 Å². The van der Waals surface area contributed by atoms with E-state index in [0.29, 0.717) is 63.2 Å². The Kier molecular flexibility index (Phi) is 6.76. The third-order valence-electron chi connectivity index (χ3n) is 9.45. The van der Waals surface area contributed by atoms with E-state index in [9.17, 15) is 36.9 Å². The van der Waals surface area contributed by atoms with E-state index in [0.717, 1.165) is 41.0 Å². The van der Waals surface area contributed by atoms with E-state index in [4.69, 9.17) is 0 Å². The maximum absolute atomic E-state index is 13.5. The lowest BCUT2D eigenvalue weighted by Crippen LogP contribution is -2.29. The van der Waals surface area contributed by atoms with Gasteiger partial charge < -0.3 is 0 Å². The topological polar surface area (TPSA) is 72.3 Å². The summed E-state index contributed by atoms with van der Waals surface area (Å²) in [5.74, 6) is -0.460. The molecule has 3 aromatic carbocycles. The van der Waals surface area contributed by atoms with Crippen molar-refractivity contribution in [3.05, 3.63) is 135 Å². The van der Waals surface area contributed by atoms with Crippen LogP contribution in [0.3, 0.4) is 0 Å². The molecule has 4 aliphatic carbocycles. The molecule has 4 aliphatic rings. The molecule has 0 heterocycles. The van der Waals surface area contributed by atoms with E-state index < -0.39 is 34.8 Å². The highest BCUT2D eigenvalue weighted by Gasteiger charge is 2.48. The predicted octanol–water partition coefficient (Wildman–Crippen LogP) is 9.45. The van der Waals surface area contributed by atoms with E-state index in [1.165, 1.54) is 12.1 Å². The Balaban J connectivity index is 1.34.